The number of nitrogens with zero attached hydrogens (tertiary/aromatic N) is 1. The van der Waals surface area contributed by atoms with Gasteiger partial charge in [-0.15, -0.1) is 24.0 Å². The van der Waals surface area contributed by atoms with Crippen LogP contribution in [0.25, 0.3) is 0 Å². The molecule has 0 unspecified atom stereocenters. The first kappa shape index (κ1) is 21.9. The van der Waals surface area contributed by atoms with Gasteiger partial charge in [0.15, 0.2) is 17.5 Å². The van der Waals surface area contributed by atoms with E-state index in [4.69, 9.17) is 10.5 Å². The first-order chi connectivity index (χ1) is 11.9. The van der Waals surface area contributed by atoms with Gasteiger partial charge >= 0.3 is 6.61 Å². The lowest BCUT2D eigenvalue weighted by Crippen LogP contribution is -2.22. The molecule has 3 N–H and O–H groups in total. The smallest absolute Gasteiger partial charge is 0.387 e. The lowest BCUT2D eigenvalue weighted by Gasteiger charge is -2.11. The molecule has 0 heterocycles. The van der Waals surface area contributed by atoms with Crippen LogP contribution >= 0.6 is 24.0 Å². The number of rotatable bonds is 6. The minimum atomic E-state index is -2.93. The number of alkyl halides is 2. The number of nitrogens with two attached hydrogens (primary N) is 1. The fourth-order valence-corrected chi connectivity index (χ4v) is 2.19. The van der Waals surface area contributed by atoms with Crippen LogP contribution in [0.15, 0.2) is 41.4 Å². The van der Waals surface area contributed by atoms with Crippen LogP contribution < -0.4 is 20.5 Å². The standard InChI is InChI=1S/C18H21F2N3O2.HI/c1-11-4-6-14(8-12(11)2)23-18(21)22-10-13-5-7-15(24-3)16(9-13)25-17(19)20;/h4-9,17H,10H2,1-3H3,(H3,21,22,23);1H. The van der Waals surface area contributed by atoms with E-state index in [-0.39, 0.29) is 48.0 Å². The summed E-state index contributed by atoms with van der Waals surface area (Å²) in [5.74, 6) is 0.426. The molecule has 0 atom stereocenters. The number of hydrogen-bond acceptors (Lipinski definition) is 3. The Morgan fingerprint density at radius 1 is 1.12 bits per heavy atom. The van der Waals surface area contributed by atoms with E-state index in [1.165, 1.54) is 18.7 Å². The maximum Gasteiger partial charge on any atom is 0.387 e. The largest absolute Gasteiger partial charge is 0.493 e. The molecule has 0 fully saturated rings. The van der Waals surface area contributed by atoms with Crippen molar-refractivity contribution in [2.45, 2.75) is 27.0 Å². The Morgan fingerprint density at radius 3 is 2.46 bits per heavy atom. The van der Waals surface area contributed by atoms with Crippen LogP contribution in [0.1, 0.15) is 16.7 Å². The maximum absolute atomic E-state index is 12.5. The van der Waals surface area contributed by atoms with Gasteiger partial charge in [-0.25, -0.2) is 4.99 Å². The van der Waals surface area contributed by atoms with Gasteiger partial charge in [-0.1, -0.05) is 12.1 Å². The van der Waals surface area contributed by atoms with Crippen LogP contribution in [0.4, 0.5) is 14.5 Å². The fraction of sp³-hybridized carbons (Fsp3) is 0.278. The summed E-state index contributed by atoms with van der Waals surface area (Å²) >= 11 is 0. The Bertz CT molecular complexity index is 770. The zero-order valence-corrected chi connectivity index (χ0v) is 17.1. The van der Waals surface area contributed by atoms with E-state index in [2.05, 4.69) is 15.0 Å². The van der Waals surface area contributed by atoms with Crippen molar-refractivity contribution in [1.82, 2.24) is 0 Å². The number of ether oxygens (including phenoxy) is 2. The molecule has 0 radical (unpaired) electrons. The van der Waals surface area contributed by atoms with Gasteiger partial charge in [0.25, 0.3) is 0 Å². The number of methoxy groups -OCH3 is 1. The first-order valence-corrected chi connectivity index (χ1v) is 7.65. The highest BCUT2D eigenvalue weighted by Gasteiger charge is 2.11. The van der Waals surface area contributed by atoms with E-state index in [1.54, 1.807) is 12.1 Å². The summed E-state index contributed by atoms with van der Waals surface area (Å²) in [5.41, 5.74) is 9.71. The van der Waals surface area contributed by atoms with Gasteiger partial charge in [-0.3, -0.25) is 0 Å². The van der Waals surface area contributed by atoms with Gasteiger partial charge < -0.3 is 20.5 Å². The summed E-state index contributed by atoms with van der Waals surface area (Å²) in [7, 11) is 1.39. The monoisotopic (exact) mass is 477 g/mol. The molecule has 2 rings (SSSR count). The van der Waals surface area contributed by atoms with Crippen molar-refractivity contribution < 1.29 is 18.3 Å². The lowest BCUT2D eigenvalue weighted by molar-refractivity contribution is -0.0512. The molecule has 0 aromatic heterocycles. The van der Waals surface area contributed by atoms with Crippen molar-refractivity contribution in [1.29, 1.82) is 0 Å². The molecule has 0 aliphatic rings. The molecule has 0 bridgehead atoms. The van der Waals surface area contributed by atoms with E-state index in [0.29, 0.717) is 5.56 Å². The minimum Gasteiger partial charge on any atom is -0.493 e. The molecule has 0 saturated heterocycles. The van der Waals surface area contributed by atoms with Crippen LogP contribution in [0.5, 0.6) is 11.5 Å². The Labute approximate surface area is 168 Å². The zero-order valence-electron chi connectivity index (χ0n) is 14.8. The molecule has 2 aromatic rings. The summed E-state index contributed by atoms with van der Waals surface area (Å²) in [6.07, 6.45) is 0. The average molecular weight is 477 g/mol. The van der Waals surface area contributed by atoms with Gasteiger partial charge in [0, 0.05) is 5.69 Å². The molecule has 142 valence electrons. The number of benzene rings is 2. The summed E-state index contributed by atoms with van der Waals surface area (Å²) in [5, 5.41) is 3.00. The molecular formula is C18H22F2IN3O2. The summed E-state index contributed by atoms with van der Waals surface area (Å²) in [6.45, 7) is 1.33. The van der Waals surface area contributed by atoms with E-state index < -0.39 is 6.61 Å². The zero-order chi connectivity index (χ0) is 18.4. The Kier molecular flexibility index (Phi) is 8.56. The van der Waals surface area contributed by atoms with Crippen molar-refractivity contribution in [3.05, 3.63) is 53.1 Å². The molecule has 2 aromatic carbocycles. The number of guanidine groups is 1. The lowest BCUT2D eigenvalue weighted by atomic mass is 10.1. The normalized spacial score (nSPS) is 11.1. The topological polar surface area (TPSA) is 68.9 Å². The van der Waals surface area contributed by atoms with Crippen LogP contribution in [-0.4, -0.2) is 19.7 Å². The van der Waals surface area contributed by atoms with Crippen molar-refractivity contribution >= 4 is 35.6 Å². The third-order valence-corrected chi connectivity index (χ3v) is 3.66. The van der Waals surface area contributed by atoms with E-state index in [9.17, 15) is 8.78 Å². The second kappa shape index (κ2) is 10.1. The fourth-order valence-electron chi connectivity index (χ4n) is 2.19. The molecule has 0 aliphatic heterocycles. The number of aliphatic imine (C=N–C) groups is 1. The van der Waals surface area contributed by atoms with E-state index >= 15 is 0 Å². The van der Waals surface area contributed by atoms with E-state index in [1.807, 2.05) is 32.0 Å². The Balaban J connectivity index is 0.00000338. The average Bonchev–Trinajstić information content (AvgIpc) is 2.56. The van der Waals surface area contributed by atoms with Crippen LogP contribution in [0.2, 0.25) is 0 Å². The number of halogens is 3. The molecule has 5 nitrogen and oxygen atoms in total. The Hall–Kier alpha value is -2.10. The van der Waals surface area contributed by atoms with Crippen LogP contribution in [0.3, 0.4) is 0 Å². The predicted molar refractivity (Wildman–Crippen MR) is 110 cm³/mol. The quantitative estimate of drug-likeness (QED) is 0.367. The van der Waals surface area contributed by atoms with Gasteiger partial charge in [-0.2, -0.15) is 8.78 Å². The third-order valence-electron chi connectivity index (χ3n) is 3.66. The number of hydrogen-bond donors (Lipinski definition) is 2. The molecular weight excluding hydrogens is 455 g/mol. The second-order valence-corrected chi connectivity index (χ2v) is 5.49. The number of nitrogens with one attached hydrogen (secondary N) is 1. The van der Waals surface area contributed by atoms with Crippen LogP contribution in [-0.2, 0) is 6.54 Å². The third kappa shape index (κ3) is 6.32. The molecule has 26 heavy (non-hydrogen) atoms. The highest BCUT2D eigenvalue weighted by Crippen LogP contribution is 2.29. The van der Waals surface area contributed by atoms with E-state index in [0.717, 1.165) is 11.3 Å². The molecule has 0 saturated carbocycles. The predicted octanol–water partition coefficient (Wildman–Crippen LogP) is 4.46. The van der Waals surface area contributed by atoms with Crippen molar-refractivity contribution in [2.75, 3.05) is 12.4 Å². The van der Waals surface area contributed by atoms with Crippen molar-refractivity contribution in [3.63, 3.8) is 0 Å². The summed E-state index contributed by atoms with van der Waals surface area (Å²) < 4.78 is 34.3. The molecule has 8 heteroatoms. The molecule has 0 aliphatic carbocycles. The number of anilines is 1. The van der Waals surface area contributed by atoms with Crippen LogP contribution in [0, 0.1) is 13.8 Å². The van der Waals surface area contributed by atoms with Gasteiger partial charge in [-0.05, 0) is 54.8 Å². The van der Waals surface area contributed by atoms with Gasteiger partial charge in [0.1, 0.15) is 0 Å². The van der Waals surface area contributed by atoms with Crippen molar-refractivity contribution in [3.8, 4) is 11.5 Å². The van der Waals surface area contributed by atoms with Crippen molar-refractivity contribution in [2.24, 2.45) is 10.7 Å². The first-order valence-electron chi connectivity index (χ1n) is 7.65. The molecule has 0 amide bonds. The van der Waals surface area contributed by atoms with Gasteiger partial charge in [0.2, 0.25) is 0 Å². The molecule has 0 spiro atoms. The minimum absolute atomic E-state index is 0. The maximum atomic E-state index is 12.5. The SMILES string of the molecule is COc1ccc(CN=C(N)Nc2ccc(C)c(C)c2)cc1OC(F)F.I. The highest BCUT2D eigenvalue weighted by molar-refractivity contribution is 14.0. The highest BCUT2D eigenvalue weighted by atomic mass is 127. The Morgan fingerprint density at radius 2 is 1.85 bits per heavy atom. The number of aryl methyl sites for hydroxylation is 2. The van der Waals surface area contributed by atoms with Gasteiger partial charge in [0.05, 0.1) is 13.7 Å². The second-order valence-electron chi connectivity index (χ2n) is 5.49. The summed E-state index contributed by atoms with van der Waals surface area (Å²) in [4.78, 5) is 4.22. The summed E-state index contributed by atoms with van der Waals surface area (Å²) in [6, 6.07) is 10.6.